The van der Waals surface area contributed by atoms with Gasteiger partial charge in [0.05, 0.1) is 47.6 Å². The number of aryl methyl sites for hydroxylation is 1. The molecule has 2 saturated carbocycles. The lowest BCUT2D eigenvalue weighted by atomic mass is 9.71. The number of amides is 2. The highest BCUT2D eigenvalue weighted by Crippen LogP contribution is 2.42. The summed E-state index contributed by atoms with van der Waals surface area (Å²) >= 11 is 0. The molecule has 57 heavy (non-hydrogen) atoms. The van der Waals surface area contributed by atoms with Crippen molar-refractivity contribution >= 4 is 12.2 Å². The van der Waals surface area contributed by atoms with Crippen molar-refractivity contribution in [2.24, 2.45) is 0 Å². The molecule has 4 aliphatic rings. The van der Waals surface area contributed by atoms with Crippen LogP contribution in [0.5, 0.6) is 0 Å². The maximum atomic E-state index is 13.1. The minimum Gasteiger partial charge on any atom is -0.450 e. The Balaban J connectivity index is 0.000000219. The number of nitriles is 2. The largest absolute Gasteiger partial charge is 0.450 e. The number of pyridine rings is 2. The normalized spacial score (nSPS) is 26.4. The van der Waals surface area contributed by atoms with E-state index in [2.05, 4.69) is 31.9 Å². The van der Waals surface area contributed by atoms with Crippen LogP contribution in [0.25, 0.3) is 0 Å². The summed E-state index contributed by atoms with van der Waals surface area (Å²) in [6.45, 7) is 12.6. The first kappa shape index (κ1) is 43.6. The Morgan fingerprint density at radius 2 is 1.14 bits per heavy atom. The molecule has 2 aromatic rings. The van der Waals surface area contributed by atoms with Crippen LogP contribution in [-0.2, 0) is 26.5 Å². The first-order chi connectivity index (χ1) is 27.4. The van der Waals surface area contributed by atoms with Gasteiger partial charge in [0.1, 0.15) is 5.69 Å². The molecule has 0 N–H and O–H groups in total. The predicted octanol–water partition coefficient (Wildman–Crippen LogP) is 7.23. The lowest BCUT2D eigenvalue weighted by Crippen LogP contribution is -2.44. The average molecular weight is 795 g/mol. The van der Waals surface area contributed by atoms with E-state index in [-0.39, 0.29) is 23.9 Å². The van der Waals surface area contributed by atoms with Crippen molar-refractivity contribution in [2.75, 3.05) is 65.6 Å². The first-order valence-corrected chi connectivity index (χ1v) is 20.5. The van der Waals surface area contributed by atoms with Crippen molar-refractivity contribution < 1.29 is 32.2 Å². The van der Waals surface area contributed by atoms with Gasteiger partial charge in [0.15, 0.2) is 0 Å². The zero-order valence-corrected chi connectivity index (χ0v) is 33.6. The quantitative estimate of drug-likeness (QED) is 0.295. The highest BCUT2D eigenvalue weighted by molar-refractivity contribution is 5.68. The van der Waals surface area contributed by atoms with Crippen LogP contribution in [0.4, 0.5) is 22.8 Å². The van der Waals surface area contributed by atoms with Gasteiger partial charge in [-0.2, -0.15) is 23.7 Å². The molecule has 2 aliphatic carbocycles. The fourth-order valence-corrected chi connectivity index (χ4v) is 8.84. The second kappa shape index (κ2) is 19.8. The maximum Gasteiger partial charge on any atom is 0.433 e. The van der Waals surface area contributed by atoms with Gasteiger partial charge in [-0.05, 0) is 109 Å². The number of alkyl halides is 3. The van der Waals surface area contributed by atoms with E-state index < -0.39 is 22.7 Å². The molecule has 310 valence electrons. The molecule has 0 bridgehead atoms. The van der Waals surface area contributed by atoms with Gasteiger partial charge in [0, 0.05) is 70.1 Å². The molecule has 0 unspecified atom stereocenters. The highest BCUT2D eigenvalue weighted by atomic mass is 19.4. The SMILES string of the molecule is CCOC(=O)N1CCCN(C2CCC(C#N)(c3cccc(C(F)(F)F)n3)CC2)CC1.CCOC(=O)N1CCCN(C2CCC(C#N)(c3cccc(C)n3)CC2)CC1. The van der Waals surface area contributed by atoms with Crippen LogP contribution in [0.1, 0.15) is 101 Å². The molecule has 0 spiro atoms. The molecule has 2 aromatic heterocycles. The van der Waals surface area contributed by atoms with Gasteiger partial charge >= 0.3 is 18.4 Å². The second-order valence-electron chi connectivity index (χ2n) is 15.6. The summed E-state index contributed by atoms with van der Waals surface area (Å²) < 4.78 is 49.4. The molecule has 2 amide bonds. The summed E-state index contributed by atoms with van der Waals surface area (Å²) in [5.74, 6) is 0. The van der Waals surface area contributed by atoms with Crippen molar-refractivity contribution in [3.05, 3.63) is 59.2 Å². The third-order valence-corrected chi connectivity index (χ3v) is 12.1. The van der Waals surface area contributed by atoms with E-state index in [4.69, 9.17) is 9.47 Å². The minimum absolute atomic E-state index is 0.197. The third kappa shape index (κ3) is 10.9. The first-order valence-electron chi connectivity index (χ1n) is 20.5. The fraction of sp³-hybridized carbons (Fsp3) is 0.667. The summed E-state index contributed by atoms with van der Waals surface area (Å²) in [6, 6.07) is 15.4. The van der Waals surface area contributed by atoms with Crippen molar-refractivity contribution in [2.45, 2.75) is 114 Å². The number of aromatic nitrogens is 2. The summed E-state index contributed by atoms with van der Waals surface area (Å²) in [5, 5.41) is 19.7. The van der Waals surface area contributed by atoms with Gasteiger partial charge < -0.3 is 19.3 Å². The van der Waals surface area contributed by atoms with E-state index in [0.717, 1.165) is 95.2 Å². The smallest absolute Gasteiger partial charge is 0.433 e. The minimum atomic E-state index is -4.53. The summed E-state index contributed by atoms with van der Waals surface area (Å²) in [6.07, 6.45) is 2.87. The lowest BCUT2D eigenvalue weighted by molar-refractivity contribution is -0.141. The molecule has 2 saturated heterocycles. The van der Waals surface area contributed by atoms with Crippen LogP contribution in [0.3, 0.4) is 0 Å². The molecule has 12 nitrogen and oxygen atoms in total. The fourth-order valence-electron chi connectivity index (χ4n) is 8.84. The van der Waals surface area contributed by atoms with Crippen molar-refractivity contribution in [1.82, 2.24) is 29.6 Å². The maximum absolute atomic E-state index is 13.1. The predicted molar refractivity (Wildman–Crippen MR) is 207 cm³/mol. The van der Waals surface area contributed by atoms with Gasteiger partial charge in [-0.25, -0.2) is 14.6 Å². The molecular weight excluding hydrogens is 738 g/mol. The van der Waals surface area contributed by atoms with Crippen LogP contribution < -0.4 is 0 Å². The molecule has 0 radical (unpaired) electrons. The second-order valence-corrected chi connectivity index (χ2v) is 15.6. The highest BCUT2D eigenvalue weighted by Gasteiger charge is 2.43. The van der Waals surface area contributed by atoms with Gasteiger partial charge in [-0.15, -0.1) is 0 Å². The van der Waals surface area contributed by atoms with E-state index in [9.17, 15) is 33.3 Å². The molecule has 0 atom stereocenters. The summed E-state index contributed by atoms with van der Waals surface area (Å²) in [4.78, 5) is 40.8. The lowest BCUT2D eigenvalue weighted by Gasteiger charge is -2.39. The van der Waals surface area contributed by atoms with E-state index in [1.54, 1.807) is 11.8 Å². The number of hydrogen-bond acceptors (Lipinski definition) is 10. The van der Waals surface area contributed by atoms with Crippen LogP contribution in [0, 0.1) is 29.6 Å². The molecule has 6 rings (SSSR count). The van der Waals surface area contributed by atoms with Crippen LogP contribution in [0.15, 0.2) is 36.4 Å². The number of ether oxygens (including phenoxy) is 2. The molecule has 4 fully saturated rings. The number of nitrogens with zero attached hydrogens (tertiary/aromatic N) is 8. The molecule has 2 aliphatic heterocycles. The van der Waals surface area contributed by atoms with E-state index >= 15 is 0 Å². The number of carbonyl (C=O) groups excluding carboxylic acids is 2. The average Bonchev–Trinajstić information content (AvgIpc) is 3.63. The van der Waals surface area contributed by atoms with Gasteiger partial charge in [0.25, 0.3) is 0 Å². The standard InChI is InChI=1S/C21H27F3N4O2.C21H30N4O2/c1-2-30-19(29)28-12-4-11-27(13-14-28)16-7-9-20(15-25,10-8-16)17-5-3-6-18(26-17)21(22,23)24;1-3-27-20(26)25-13-5-12-24(14-15-25)18-8-10-21(16-22,11-9-18)19-7-4-6-17(2)23-19/h3,5-6,16H,2,4,7-14H2,1H3;4,6-7,18H,3,5,8-15H2,1-2H3. The zero-order valence-electron chi connectivity index (χ0n) is 33.6. The Kier molecular flexibility index (Phi) is 15.2. The van der Waals surface area contributed by atoms with Crippen molar-refractivity contribution in [3.8, 4) is 12.1 Å². The Hall–Kier alpha value is -4.47. The Morgan fingerprint density at radius 3 is 1.54 bits per heavy atom. The molecule has 4 heterocycles. The van der Waals surface area contributed by atoms with Gasteiger partial charge in [0.2, 0.25) is 0 Å². The van der Waals surface area contributed by atoms with Crippen LogP contribution in [0.2, 0.25) is 0 Å². The Bertz CT molecular complexity index is 1730. The monoisotopic (exact) mass is 794 g/mol. The van der Waals surface area contributed by atoms with Crippen molar-refractivity contribution in [3.63, 3.8) is 0 Å². The van der Waals surface area contributed by atoms with Crippen LogP contribution >= 0.6 is 0 Å². The van der Waals surface area contributed by atoms with Crippen molar-refractivity contribution in [1.29, 1.82) is 10.5 Å². The molecule has 15 heteroatoms. The summed E-state index contributed by atoms with van der Waals surface area (Å²) in [5.41, 5.74) is -0.291. The van der Waals surface area contributed by atoms with Gasteiger partial charge in [-0.1, -0.05) is 12.1 Å². The number of halogens is 3. The number of hydrogen-bond donors (Lipinski definition) is 0. The van der Waals surface area contributed by atoms with E-state index in [1.165, 1.54) is 12.1 Å². The summed E-state index contributed by atoms with van der Waals surface area (Å²) in [7, 11) is 0. The number of rotatable bonds is 6. The Labute approximate surface area is 334 Å². The third-order valence-electron chi connectivity index (χ3n) is 12.1. The van der Waals surface area contributed by atoms with Crippen LogP contribution in [-0.4, -0.2) is 119 Å². The van der Waals surface area contributed by atoms with E-state index in [1.807, 2.05) is 36.9 Å². The molecular formula is C42H57F3N8O4. The topological polar surface area (TPSA) is 139 Å². The Morgan fingerprint density at radius 1 is 0.702 bits per heavy atom. The number of carbonyl (C=O) groups is 2. The molecule has 0 aromatic carbocycles. The van der Waals surface area contributed by atoms with Gasteiger partial charge in [-0.3, -0.25) is 14.8 Å². The van der Waals surface area contributed by atoms with E-state index in [0.29, 0.717) is 58.0 Å². The zero-order chi connectivity index (χ0) is 41.1.